The molecule has 0 unspecified atom stereocenters. The maximum absolute atomic E-state index is 2.35. The molecular formula is C31H21S2Se4+. The van der Waals surface area contributed by atoms with E-state index in [2.05, 4.69) is 123 Å². The fraction of sp³-hybridized carbons (Fsp3) is 0. The van der Waals surface area contributed by atoms with Crippen LogP contribution in [0.4, 0.5) is 0 Å². The van der Waals surface area contributed by atoms with Crippen LogP contribution in [-0.4, -0.2) is 58.0 Å². The molecule has 0 bridgehead atoms. The first kappa shape index (κ1) is 25.9. The second-order valence-electron chi connectivity index (χ2n) is 8.06. The Bertz CT molecular complexity index is 1510. The Balaban J connectivity index is 1.26. The minimum absolute atomic E-state index is 0.449. The van der Waals surface area contributed by atoms with Gasteiger partial charge in [0, 0.05) is 0 Å². The summed E-state index contributed by atoms with van der Waals surface area (Å²) in [4.78, 5) is 14.8. The van der Waals surface area contributed by atoms with Crippen LogP contribution in [0.1, 0.15) is 14.4 Å². The zero-order chi connectivity index (χ0) is 24.9. The van der Waals surface area contributed by atoms with Crippen molar-refractivity contribution in [1.82, 2.24) is 0 Å². The van der Waals surface area contributed by atoms with Crippen molar-refractivity contribution >= 4 is 97.0 Å². The van der Waals surface area contributed by atoms with Crippen LogP contribution in [0.2, 0.25) is 0 Å². The Morgan fingerprint density at radius 3 is 1.59 bits per heavy atom. The predicted molar refractivity (Wildman–Crippen MR) is 170 cm³/mol. The summed E-state index contributed by atoms with van der Waals surface area (Å²) in [5.74, 6) is 0. The number of allylic oxidation sites excluding steroid dienone is 7. The summed E-state index contributed by atoms with van der Waals surface area (Å²) < 4.78 is 5.93. The number of hydrogen-bond donors (Lipinski definition) is 0. The maximum atomic E-state index is 2.35. The van der Waals surface area contributed by atoms with Gasteiger partial charge in [-0.1, -0.05) is 0 Å². The van der Waals surface area contributed by atoms with E-state index in [9.17, 15) is 0 Å². The van der Waals surface area contributed by atoms with Crippen molar-refractivity contribution in [3.05, 3.63) is 137 Å². The summed E-state index contributed by atoms with van der Waals surface area (Å²) in [6.45, 7) is 0. The molecule has 0 aromatic carbocycles. The van der Waals surface area contributed by atoms with Crippen molar-refractivity contribution in [2.75, 3.05) is 0 Å². The summed E-state index contributed by atoms with van der Waals surface area (Å²) in [5.41, 5.74) is 2.55. The quantitative estimate of drug-likeness (QED) is 0.0922. The third-order valence-corrected chi connectivity index (χ3v) is 16.5. The zero-order valence-corrected chi connectivity index (χ0v) is 28.1. The van der Waals surface area contributed by atoms with Crippen LogP contribution in [0.25, 0.3) is 34.5 Å². The molecular weight excluding hydrogens is 752 g/mol. The third kappa shape index (κ3) is 6.61. The monoisotopic (exact) mass is 777 g/mol. The second kappa shape index (κ2) is 12.6. The van der Waals surface area contributed by atoms with Crippen molar-refractivity contribution < 1.29 is 0 Å². The van der Waals surface area contributed by atoms with E-state index in [1.54, 1.807) is 0 Å². The molecule has 1 aliphatic heterocycles. The first-order valence-corrected chi connectivity index (χ1v) is 20.6. The molecule has 6 heterocycles. The minimum atomic E-state index is 0.449. The molecule has 0 N–H and O–H groups in total. The summed E-state index contributed by atoms with van der Waals surface area (Å²) in [6, 6.07) is 22.6. The zero-order valence-electron chi connectivity index (χ0n) is 19.6. The van der Waals surface area contributed by atoms with Crippen LogP contribution >= 0.6 is 23.1 Å². The van der Waals surface area contributed by atoms with Gasteiger partial charge >= 0.3 is 253 Å². The molecule has 0 spiro atoms. The molecule has 6 heteroatoms. The van der Waals surface area contributed by atoms with E-state index < -0.39 is 0 Å². The molecule has 0 amide bonds. The number of hydrogen-bond acceptors (Lipinski definition) is 1. The predicted octanol–water partition coefficient (Wildman–Crippen LogP) is 7.92. The van der Waals surface area contributed by atoms with Crippen molar-refractivity contribution in [3.8, 4) is 18.6 Å². The van der Waals surface area contributed by atoms with Crippen molar-refractivity contribution in [1.29, 1.82) is 0 Å². The second-order valence-corrected chi connectivity index (χ2v) is 18.2. The van der Waals surface area contributed by atoms with Crippen molar-refractivity contribution in [2.24, 2.45) is 0 Å². The van der Waals surface area contributed by atoms with Gasteiger partial charge in [-0.3, -0.25) is 0 Å². The molecule has 0 saturated carbocycles. The van der Waals surface area contributed by atoms with Gasteiger partial charge in [-0.15, -0.1) is 0 Å². The standard InChI is InChI=1S/C31H21S2Se4/c1(2-8-22-18-24(28-10-4-14-34-28)32-25(19-22)29-11-5-15-35-29)3-9-23-20-26(30-12-6-16-36-30)33-27(21-23)31-13-7-17-37-31/h1-21H/q+1. The average molecular weight is 773 g/mol. The number of thioether (sulfide) groups is 1. The molecule has 0 saturated heterocycles. The molecule has 0 radical (unpaired) electrons. The molecule has 0 nitrogen and oxygen atoms in total. The van der Waals surface area contributed by atoms with E-state index in [1.165, 1.54) is 48.5 Å². The van der Waals surface area contributed by atoms with Gasteiger partial charge in [0.05, 0.1) is 0 Å². The summed E-state index contributed by atoms with van der Waals surface area (Å²) in [5, 5.41) is 0. The molecule has 1 aliphatic rings. The molecule has 0 fully saturated rings. The molecule has 37 heavy (non-hydrogen) atoms. The number of rotatable bonds is 7. The van der Waals surface area contributed by atoms with Crippen LogP contribution in [0.5, 0.6) is 0 Å². The average Bonchev–Trinajstić information content (AvgIpc) is 3.75. The summed E-state index contributed by atoms with van der Waals surface area (Å²) >= 11 is 5.67. The summed E-state index contributed by atoms with van der Waals surface area (Å²) in [6.07, 6.45) is 15.7. The van der Waals surface area contributed by atoms with Gasteiger partial charge in [0.15, 0.2) is 0 Å². The van der Waals surface area contributed by atoms with Crippen LogP contribution in [0.15, 0.2) is 122 Å². The first-order valence-electron chi connectivity index (χ1n) is 11.6. The molecule has 5 aromatic rings. The fourth-order valence-electron chi connectivity index (χ4n) is 3.79. The topological polar surface area (TPSA) is 0 Å². The van der Waals surface area contributed by atoms with Gasteiger partial charge in [0.1, 0.15) is 0 Å². The Morgan fingerprint density at radius 2 is 1.11 bits per heavy atom. The van der Waals surface area contributed by atoms with Crippen molar-refractivity contribution in [2.45, 2.75) is 0 Å². The van der Waals surface area contributed by atoms with Crippen molar-refractivity contribution in [3.63, 3.8) is 0 Å². The van der Waals surface area contributed by atoms with Gasteiger partial charge in [0.2, 0.25) is 0 Å². The molecule has 6 rings (SSSR count). The van der Waals surface area contributed by atoms with E-state index in [0.29, 0.717) is 58.0 Å². The molecule has 0 atom stereocenters. The summed E-state index contributed by atoms with van der Waals surface area (Å²) in [7, 11) is 0. The third-order valence-electron chi connectivity index (χ3n) is 5.49. The fourth-order valence-corrected chi connectivity index (χ4v) is 13.1. The van der Waals surface area contributed by atoms with Crippen LogP contribution < -0.4 is 0 Å². The normalized spacial score (nSPS) is 13.9. The van der Waals surface area contributed by atoms with Gasteiger partial charge < -0.3 is 0 Å². The Morgan fingerprint density at radius 1 is 0.595 bits per heavy atom. The molecule has 5 aromatic heterocycles. The van der Waals surface area contributed by atoms with Gasteiger partial charge in [0.25, 0.3) is 0 Å². The van der Waals surface area contributed by atoms with Crippen LogP contribution in [0.3, 0.4) is 0 Å². The van der Waals surface area contributed by atoms with Gasteiger partial charge in [-0.25, -0.2) is 0 Å². The van der Waals surface area contributed by atoms with Gasteiger partial charge in [-0.05, 0) is 0 Å². The Kier molecular flexibility index (Phi) is 8.84. The molecule has 0 aliphatic carbocycles. The first-order chi connectivity index (χ1) is 18.3. The molecule has 180 valence electrons. The Labute approximate surface area is 250 Å². The van der Waals surface area contributed by atoms with E-state index in [1.807, 2.05) is 23.1 Å². The van der Waals surface area contributed by atoms with E-state index in [0.717, 1.165) is 0 Å². The van der Waals surface area contributed by atoms with E-state index in [-0.39, 0.29) is 0 Å². The van der Waals surface area contributed by atoms with Crippen LogP contribution in [-0.2, 0) is 0 Å². The van der Waals surface area contributed by atoms with E-state index >= 15 is 0 Å². The van der Waals surface area contributed by atoms with E-state index in [4.69, 9.17) is 0 Å². The van der Waals surface area contributed by atoms with Gasteiger partial charge in [-0.2, -0.15) is 0 Å². The Hall–Kier alpha value is -1.38. The SMILES string of the molecule is C(/C=C/C=C/c1cc(-c2ccc[se]2)[s+]c(-c2ccc[se]2)c1)=C1C=C(c2ccc[se]2)SC(c2ccc[se]2)=C1. The van der Waals surface area contributed by atoms with Crippen LogP contribution in [0, 0.1) is 0 Å².